The lowest BCUT2D eigenvalue weighted by molar-refractivity contribution is -0.117. The van der Waals surface area contributed by atoms with Crippen molar-refractivity contribution in [1.82, 2.24) is 0 Å². The average Bonchev–Trinajstić information content (AvgIpc) is 2.85. The first kappa shape index (κ1) is 15.7. The Morgan fingerprint density at radius 2 is 1.77 bits per heavy atom. The molecule has 1 fully saturated rings. The second kappa shape index (κ2) is 6.53. The number of halogens is 2. The minimum absolute atomic E-state index is 0.0445. The van der Waals surface area contributed by atoms with Crippen molar-refractivity contribution in [2.75, 3.05) is 4.90 Å². The maximum atomic E-state index is 12.8. The molecule has 1 saturated heterocycles. The average molecular weight is 352 g/mol. The summed E-state index contributed by atoms with van der Waals surface area (Å²) in [5.41, 5.74) is 1.82. The highest BCUT2D eigenvalue weighted by Crippen LogP contribution is 2.48. The molecular formula is C17H15Cl2NOS. The fourth-order valence-electron chi connectivity index (χ4n) is 2.56. The number of carbonyl (C=O) groups is 1. The number of para-hydroxylation sites is 1. The van der Waals surface area contributed by atoms with Crippen molar-refractivity contribution in [1.29, 1.82) is 0 Å². The summed E-state index contributed by atoms with van der Waals surface area (Å²) in [6.45, 7) is 2.03. The molecule has 1 amide bonds. The van der Waals surface area contributed by atoms with Crippen LogP contribution in [0.15, 0.2) is 48.5 Å². The molecule has 0 radical (unpaired) electrons. The van der Waals surface area contributed by atoms with Crippen LogP contribution < -0.4 is 4.90 Å². The molecule has 1 aliphatic heterocycles. The van der Waals surface area contributed by atoms with E-state index in [1.165, 1.54) is 0 Å². The number of nitrogens with zero attached hydrogens (tertiary/aromatic N) is 1. The third-order valence-corrected chi connectivity index (χ3v) is 5.85. The molecule has 1 heterocycles. The first-order chi connectivity index (χ1) is 10.6. The van der Waals surface area contributed by atoms with Crippen LogP contribution in [0.3, 0.4) is 0 Å². The molecule has 0 spiro atoms. The first-order valence-corrected chi connectivity index (χ1v) is 8.80. The summed E-state index contributed by atoms with van der Waals surface area (Å²) in [6, 6.07) is 15.1. The van der Waals surface area contributed by atoms with Crippen LogP contribution in [0, 0.1) is 0 Å². The molecule has 2 unspecified atom stereocenters. The molecule has 22 heavy (non-hydrogen) atoms. The Balaban J connectivity index is 2.05. The van der Waals surface area contributed by atoms with Crippen LogP contribution in [0.5, 0.6) is 0 Å². The molecule has 114 valence electrons. The van der Waals surface area contributed by atoms with Crippen molar-refractivity contribution in [3.05, 3.63) is 64.1 Å². The van der Waals surface area contributed by atoms with Gasteiger partial charge in [-0.2, -0.15) is 0 Å². The monoisotopic (exact) mass is 351 g/mol. The van der Waals surface area contributed by atoms with Gasteiger partial charge in [0.15, 0.2) is 0 Å². The largest absolute Gasteiger partial charge is 0.293 e. The predicted molar refractivity (Wildman–Crippen MR) is 94.8 cm³/mol. The summed E-state index contributed by atoms with van der Waals surface area (Å²) in [7, 11) is 0. The molecule has 2 aromatic rings. The maximum absolute atomic E-state index is 12.8. The van der Waals surface area contributed by atoms with Gasteiger partial charge in [-0.25, -0.2) is 0 Å². The lowest BCUT2D eigenvalue weighted by Gasteiger charge is -2.25. The zero-order chi connectivity index (χ0) is 15.7. The Bertz CT molecular complexity index is 689. The summed E-state index contributed by atoms with van der Waals surface area (Å²) < 4.78 is 0. The van der Waals surface area contributed by atoms with Gasteiger partial charge in [0, 0.05) is 5.02 Å². The molecule has 2 atom stereocenters. The molecule has 5 heteroatoms. The van der Waals surface area contributed by atoms with Crippen molar-refractivity contribution < 1.29 is 4.79 Å². The highest BCUT2D eigenvalue weighted by molar-refractivity contribution is 8.01. The van der Waals surface area contributed by atoms with Crippen LogP contribution in [0.1, 0.15) is 24.3 Å². The van der Waals surface area contributed by atoms with Crippen molar-refractivity contribution >= 4 is 46.6 Å². The Morgan fingerprint density at radius 3 is 2.41 bits per heavy atom. The smallest absolute Gasteiger partial charge is 0.241 e. The SMILES string of the molecule is CCC1SC(c2ccc(Cl)cc2)N(c2ccccc2Cl)C1=O. The maximum Gasteiger partial charge on any atom is 0.241 e. The van der Waals surface area contributed by atoms with E-state index in [0.717, 1.165) is 17.7 Å². The second-order valence-electron chi connectivity index (χ2n) is 5.10. The fraction of sp³-hybridized carbons (Fsp3) is 0.235. The van der Waals surface area contributed by atoms with Gasteiger partial charge in [-0.1, -0.05) is 54.4 Å². The van der Waals surface area contributed by atoms with E-state index in [1.54, 1.807) is 11.8 Å². The number of hydrogen-bond donors (Lipinski definition) is 0. The highest BCUT2D eigenvalue weighted by Gasteiger charge is 2.41. The van der Waals surface area contributed by atoms with Crippen molar-refractivity contribution in [2.45, 2.75) is 24.0 Å². The van der Waals surface area contributed by atoms with E-state index in [-0.39, 0.29) is 16.5 Å². The van der Waals surface area contributed by atoms with E-state index in [9.17, 15) is 4.79 Å². The minimum Gasteiger partial charge on any atom is -0.293 e. The summed E-state index contributed by atoms with van der Waals surface area (Å²) in [5.74, 6) is 0.112. The van der Waals surface area contributed by atoms with E-state index >= 15 is 0 Å². The number of carbonyl (C=O) groups excluding carboxylic acids is 1. The van der Waals surface area contributed by atoms with Gasteiger partial charge in [-0.3, -0.25) is 9.69 Å². The molecule has 1 aliphatic rings. The summed E-state index contributed by atoms with van der Waals surface area (Å²) in [5, 5.41) is 1.16. The first-order valence-electron chi connectivity index (χ1n) is 7.10. The van der Waals surface area contributed by atoms with E-state index in [2.05, 4.69) is 0 Å². The fourth-order valence-corrected chi connectivity index (χ4v) is 4.30. The molecule has 3 rings (SSSR count). The number of rotatable bonds is 3. The standard InChI is InChI=1S/C17H15Cl2NOS/c1-2-15-16(21)20(14-6-4-3-5-13(14)19)17(22-15)11-7-9-12(18)10-8-11/h3-10,15,17H,2H2,1H3. The number of benzene rings is 2. The van der Waals surface area contributed by atoms with E-state index in [0.29, 0.717) is 10.0 Å². The van der Waals surface area contributed by atoms with Gasteiger partial charge in [-0.15, -0.1) is 11.8 Å². The lowest BCUT2D eigenvalue weighted by atomic mass is 10.1. The summed E-state index contributed by atoms with van der Waals surface area (Å²) in [6.07, 6.45) is 0.800. The Morgan fingerprint density at radius 1 is 1.09 bits per heavy atom. The second-order valence-corrected chi connectivity index (χ2v) is 7.23. The van der Waals surface area contributed by atoms with Crippen LogP contribution >= 0.6 is 35.0 Å². The topological polar surface area (TPSA) is 20.3 Å². The number of anilines is 1. The highest BCUT2D eigenvalue weighted by atomic mass is 35.5. The normalized spacial score (nSPS) is 21.4. The van der Waals surface area contributed by atoms with Gasteiger partial charge >= 0.3 is 0 Å². The third-order valence-electron chi connectivity index (χ3n) is 3.68. The van der Waals surface area contributed by atoms with Crippen LogP contribution in [-0.4, -0.2) is 11.2 Å². The van der Waals surface area contributed by atoms with Crippen LogP contribution in [0.4, 0.5) is 5.69 Å². The quantitative estimate of drug-likeness (QED) is 0.722. The van der Waals surface area contributed by atoms with Gasteiger partial charge in [0.25, 0.3) is 0 Å². The van der Waals surface area contributed by atoms with E-state index in [1.807, 2.05) is 60.4 Å². The van der Waals surface area contributed by atoms with E-state index in [4.69, 9.17) is 23.2 Å². The van der Waals surface area contributed by atoms with Gasteiger partial charge in [-0.05, 0) is 36.2 Å². The molecule has 0 bridgehead atoms. The third kappa shape index (κ3) is 2.85. The van der Waals surface area contributed by atoms with Gasteiger partial charge in [0.05, 0.1) is 16.0 Å². The molecule has 0 saturated carbocycles. The van der Waals surface area contributed by atoms with Crippen LogP contribution in [-0.2, 0) is 4.79 Å². The Labute approximate surface area is 144 Å². The number of thioether (sulfide) groups is 1. The molecule has 2 nitrogen and oxygen atoms in total. The number of amides is 1. The van der Waals surface area contributed by atoms with Crippen molar-refractivity contribution in [3.63, 3.8) is 0 Å². The van der Waals surface area contributed by atoms with Gasteiger partial charge in [0.1, 0.15) is 5.37 Å². The predicted octanol–water partition coefficient (Wildman–Crippen LogP) is 5.55. The summed E-state index contributed by atoms with van der Waals surface area (Å²) >= 11 is 14.0. The van der Waals surface area contributed by atoms with Gasteiger partial charge in [0.2, 0.25) is 5.91 Å². The van der Waals surface area contributed by atoms with Crippen LogP contribution in [0.2, 0.25) is 10.0 Å². The Hall–Kier alpha value is -1.16. The zero-order valence-corrected chi connectivity index (χ0v) is 14.3. The lowest BCUT2D eigenvalue weighted by Crippen LogP contribution is -2.31. The molecular weight excluding hydrogens is 337 g/mol. The van der Waals surface area contributed by atoms with E-state index < -0.39 is 0 Å². The molecule has 2 aromatic carbocycles. The minimum atomic E-state index is -0.0744. The molecule has 0 N–H and O–H groups in total. The summed E-state index contributed by atoms with van der Waals surface area (Å²) in [4.78, 5) is 14.6. The molecule has 0 aliphatic carbocycles. The molecule has 0 aromatic heterocycles. The number of hydrogen-bond acceptors (Lipinski definition) is 2. The van der Waals surface area contributed by atoms with Crippen molar-refractivity contribution in [3.8, 4) is 0 Å². The zero-order valence-electron chi connectivity index (χ0n) is 12.0. The van der Waals surface area contributed by atoms with Gasteiger partial charge < -0.3 is 0 Å². The van der Waals surface area contributed by atoms with Crippen LogP contribution in [0.25, 0.3) is 0 Å². The Kier molecular flexibility index (Phi) is 4.67. The van der Waals surface area contributed by atoms with Crippen molar-refractivity contribution in [2.24, 2.45) is 0 Å².